The summed E-state index contributed by atoms with van der Waals surface area (Å²) in [6.45, 7) is 7.73. The first kappa shape index (κ1) is 19.3. The maximum Gasteiger partial charge on any atom is 0.240 e. The average molecular weight is 296 g/mol. The van der Waals surface area contributed by atoms with Crippen LogP contribution in [-0.2, 0) is 9.59 Å². The van der Waals surface area contributed by atoms with E-state index in [2.05, 4.69) is 21.1 Å². The molecule has 0 saturated heterocycles. The minimum absolute atomic E-state index is 0.0737. The van der Waals surface area contributed by atoms with Gasteiger partial charge in [0.2, 0.25) is 11.8 Å². The van der Waals surface area contributed by atoms with Crippen LogP contribution in [0.25, 0.3) is 0 Å². The summed E-state index contributed by atoms with van der Waals surface area (Å²) >= 11 is 0. The molecule has 6 heteroatoms. The van der Waals surface area contributed by atoms with Crippen LogP contribution in [-0.4, -0.2) is 23.2 Å². The van der Waals surface area contributed by atoms with Crippen LogP contribution in [0.4, 0.5) is 0 Å². The minimum Gasteiger partial charge on any atom is -0.273 e. The highest BCUT2D eigenvalue weighted by Gasteiger charge is 2.02. The van der Waals surface area contributed by atoms with Crippen molar-refractivity contribution < 1.29 is 9.59 Å². The van der Waals surface area contributed by atoms with E-state index in [-0.39, 0.29) is 11.8 Å². The lowest BCUT2D eigenvalue weighted by molar-refractivity contribution is -0.121. The Morgan fingerprint density at radius 1 is 0.762 bits per heavy atom. The number of nitrogens with zero attached hydrogens (tertiary/aromatic N) is 2. The molecular weight excluding hydrogens is 268 g/mol. The lowest BCUT2D eigenvalue weighted by atomic mass is 10.1. The summed E-state index contributed by atoms with van der Waals surface area (Å²) in [5, 5.41) is 7.91. The second-order valence-electron chi connectivity index (χ2n) is 5.03. The van der Waals surface area contributed by atoms with E-state index in [1.165, 1.54) is 0 Å². The van der Waals surface area contributed by atoms with Gasteiger partial charge in [-0.05, 0) is 39.5 Å². The van der Waals surface area contributed by atoms with E-state index >= 15 is 0 Å². The van der Waals surface area contributed by atoms with Gasteiger partial charge in [-0.25, -0.2) is 10.9 Å². The van der Waals surface area contributed by atoms with E-state index in [0.717, 1.165) is 43.5 Å². The summed E-state index contributed by atoms with van der Waals surface area (Å²) in [7, 11) is 0. The van der Waals surface area contributed by atoms with Crippen molar-refractivity contribution in [1.29, 1.82) is 0 Å². The molecule has 0 aliphatic carbocycles. The van der Waals surface area contributed by atoms with Crippen LogP contribution in [0.2, 0.25) is 0 Å². The molecule has 0 spiro atoms. The molecule has 0 aromatic rings. The first-order valence-corrected chi connectivity index (χ1v) is 7.63. The predicted molar refractivity (Wildman–Crippen MR) is 86.2 cm³/mol. The molecule has 0 fully saturated rings. The number of amides is 2. The van der Waals surface area contributed by atoms with Crippen LogP contribution in [0.15, 0.2) is 10.2 Å². The highest BCUT2D eigenvalue weighted by atomic mass is 16.2. The summed E-state index contributed by atoms with van der Waals surface area (Å²) in [6, 6.07) is 0. The number of hydrazone groups is 2. The predicted octanol–water partition coefficient (Wildman–Crippen LogP) is 2.74. The number of nitrogens with one attached hydrogen (secondary N) is 2. The largest absolute Gasteiger partial charge is 0.273 e. The number of carbonyl (C=O) groups excluding carboxylic acids is 2. The van der Waals surface area contributed by atoms with Gasteiger partial charge in [0.25, 0.3) is 0 Å². The van der Waals surface area contributed by atoms with Gasteiger partial charge >= 0.3 is 0 Å². The molecule has 0 unspecified atom stereocenters. The van der Waals surface area contributed by atoms with Crippen molar-refractivity contribution in [2.24, 2.45) is 10.2 Å². The maximum absolute atomic E-state index is 11.5. The topological polar surface area (TPSA) is 82.9 Å². The normalized spacial score (nSPS) is 12.2. The van der Waals surface area contributed by atoms with Gasteiger partial charge in [-0.3, -0.25) is 9.59 Å². The second kappa shape index (κ2) is 12.1. The van der Waals surface area contributed by atoms with Crippen molar-refractivity contribution in [3.8, 4) is 0 Å². The van der Waals surface area contributed by atoms with Crippen molar-refractivity contribution in [2.45, 2.75) is 72.6 Å². The van der Waals surface area contributed by atoms with E-state index < -0.39 is 0 Å². The monoisotopic (exact) mass is 296 g/mol. The van der Waals surface area contributed by atoms with Gasteiger partial charge in [0.1, 0.15) is 0 Å². The van der Waals surface area contributed by atoms with Gasteiger partial charge in [-0.2, -0.15) is 10.2 Å². The zero-order valence-electron chi connectivity index (χ0n) is 13.7. The Bertz CT molecular complexity index is 353. The average Bonchev–Trinajstić information content (AvgIpc) is 2.49. The Balaban J connectivity index is 3.64. The van der Waals surface area contributed by atoms with E-state index in [4.69, 9.17) is 0 Å². The quantitative estimate of drug-likeness (QED) is 0.369. The van der Waals surface area contributed by atoms with Crippen molar-refractivity contribution in [2.75, 3.05) is 0 Å². The second-order valence-corrected chi connectivity index (χ2v) is 5.03. The van der Waals surface area contributed by atoms with Crippen molar-refractivity contribution in [3.05, 3.63) is 0 Å². The Hall–Kier alpha value is -1.72. The smallest absolute Gasteiger partial charge is 0.240 e. The molecule has 6 nitrogen and oxygen atoms in total. The molecule has 0 rings (SSSR count). The summed E-state index contributed by atoms with van der Waals surface area (Å²) < 4.78 is 0. The SMILES string of the molecule is CC/C(C)=N/NC(=O)CCCCCC(=O)N/N=C(\C)CC. The third-order valence-electron chi connectivity index (χ3n) is 3.07. The molecule has 2 amide bonds. The van der Waals surface area contributed by atoms with Gasteiger partial charge < -0.3 is 0 Å². The van der Waals surface area contributed by atoms with Crippen LogP contribution in [0.1, 0.15) is 72.6 Å². The van der Waals surface area contributed by atoms with Crippen LogP contribution in [0.3, 0.4) is 0 Å². The number of unbranched alkanes of at least 4 members (excludes halogenated alkanes) is 2. The first-order chi connectivity index (χ1) is 9.99. The third-order valence-corrected chi connectivity index (χ3v) is 3.07. The highest BCUT2D eigenvalue weighted by molar-refractivity contribution is 5.84. The minimum atomic E-state index is -0.0737. The summed E-state index contributed by atoms with van der Waals surface area (Å²) in [5.41, 5.74) is 6.86. The van der Waals surface area contributed by atoms with Crippen LogP contribution in [0, 0.1) is 0 Å². The highest BCUT2D eigenvalue weighted by Crippen LogP contribution is 2.03. The van der Waals surface area contributed by atoms with Gasteiger partial charge in [0, 0.05) is 24.3 Å². The Morgan fingerprint density at radius 2 is 1.14 bits per heavy atom. The fourth-order valence-corrected chi connectivity index (χ4v) is 1.33. The van der Waals surface area contributed by atoms with Crippen molar-refractivity contribution >= 4 is 23.2 Å². The number of hydrogen-bond acceptors (Lipinski definition) is 4. The molecule has 0 aliphatic heterocycles. The number of carbonyl (C=O) groups is 2. The Kier molecular flexibility index (Phi) is 11.1. The third kappa shape index (κ3) is 11.8. The van der Waals surface area contributed by atoms with E-state index in [0.29, 0.717) is 12.8 Å². The zero-order valence-corrected chi connectivity index (χ0v) is 13.7. The van der Waals surface area contributed by atoms with E-state index in [9.17, 15) is 9.59 Å². The van der Waals surface area contributed by atoms with E-state index in [1.807, 2.05) is 27.7 Å². The molecule has 0 saturated carbocycles. The summed E-state index contributed by atoms with van der Waals surface area (Å²) in [4.78, 5) is 22.9. The van der Waals surface area contributed by atoms with Gasteiger partial charge in [-0.1, -0.05) is 20.3 Å². The standard InChI is InChI=1S/C15H28N4O2/c1-5-12(3)16-18-14(20)10-8-7-9-11-15(21)19-17-13(4)6-2/h5-11H2,1-4H3,(H,18,20)(H,19,21)/b16-12+,17-13+. The molecule has 120 valence electrons. The molecule has 0 heterocycles. The molecular formula is C15H28N4O2. The van der Waals surface area contributed by atoms with E-state index in [1.54, 1.807) is 0 Å². The van der Waals surface area contributed by atoms with Gasteiger partial charge in [-0.15, -0.1) is 0 Å². The molecule has 0 aromatic carbocycles. The summed E-state index contributed by atoms with van der Waals surface area (Å²) in [5.74, 6) is -0.147. The van der Waals surface area contributed by atoms with Crippen LogP contribution in [0.5, 0.6) is 0 Å². The first-order valence-electron chi connectivity index (χ1n) is 7.63. The molecule has 0 aliphatic rings. The van der Waals surface area contributed by atoms with Crippen LogP contribution >= 0.6 is 0 Å². The lowest BCUT2D eigenvalue weighted by Crippen LogP contribution is -2.19. The fraction of sp³-hybridized carbons (Fsp3) is 0.733. The fourth-order valence-electron chi connectivity index (χ4n) is 1.33. The molecule has 0 atom stereocenters. The molecule has 21 heavy (non-hydrogen) atoms. The van der Waals surface area contributed by atoms with Crippen LogP contribution < -0.4 is 10.9 Å². The number of rotatable bonds is 10. The Morgan fingerprint density at radius 3 is 1.48 bits per heavy atom. The number of hydrogen-bond donors (Lipinski definition) is 2. The molecule has 0 bridgehead atoms. The Labute approximate surface area is 127 Å². The lowest BCUT2D eigenvalue weighted by Gasteiger charge is -2.02. The maximum atomic E-state index is 11.5. The molecule has 2 N–H and O–H groups in total. The van der Waals surface area contributed by atoms with Crippen molar-refractivity contribution in [1.82, 2.24) is 10.9 Å². The summed E-state index contributed by atoms with van der Waals surface area (Å²) in [6.07, 6.45) is 4.90. The van der Waals surface area contributed by atoms with Gasteiger partial charge in [0.15, 0.2) is 0 Å². The van der Waals surface area contributed by atoms with Gasteiger partial charge in [0.05, 0.1) is 0 Å². The van der Waals surface area contributed by atoms with Crippen molar-refractivity contribution in [3.63, 3.8) is 0 Å². The molecule has 0 aromatic heterocycles. The molecule has 0 radical (unpaired) electrons. The zero-order chi connectivity index (χ0) is 16.1.